The Morgan fingerprint density at radius 3 is 2.60 bits per heavy atom. The molecule has 0 aliphatic rings. The molecule has 1 rings (SSSR count). The summed E-state index contributed by atoms with van der Waals surface area (Å²) < 4.78 is 13.1. The number of benzene rings is 1. The quantitative estimate of drug-likeness (QED) is 0.690. The van der Waals surface area contributed by atoms with E-state index in [4.69, 9.17) is 5.11 Å². The molecule has 0 unspecified atom stereocenters. The Morgan fingerprint density at radius 1 is 1.50 bits per heavy atom. The molecule has 0 amide bonds. The maximum Gasteiger partial charge on any atom is 0.132 e. The van der Waals surface area contributed by atoms with Crippen LogP contribution in [0.5, 0.6) is 5.75 Å². The van der Waals surface area contributed by atoms with Crippen LogP contribution >= 0.6 is 15.9 Å². The van der Waals surface area contributed by atoms with Gasteiger partial charge in [0.1, 0.15) is 11.6 Å². The number of hydrogen-bond donors (Lipinski definition) is 1. The van der Waals surface area contributed by atoms with E-state index in [0.717, 1.165) is 6.07 Å². The molecule has 54 valence electrons. The molecule has 1 aromatic carbocycles. The molecule has 0 fully saturated rings. The lowest BCUT2D eigenvalue weighted by atomic mass is 10.2. The highest BCUT2D eigenvalue weighted by molar-refractivity contribution is 9.10. The number of aromatic hydroxyl groups is 1. The van der Waals surface area contributed by atoms with E-state index in [0.29, 0.717) is 10.0 Å². The maximum atomic E-state index is 12.6. The standard InChI is InChI=1S/C7H6BrFO/c1-4-2-5(8)7(10)3-6(4)9/h2-3,10H,1H3. The first kappa shape index (κ1) is 7.54. The van der Waals surface area contributed by atoms with Gasteiger partial charge < -0.3 is 5.11 Å². The van der Waals surface area contributed by atoms with Crippen molar-refractivity contribution in [3.8, 4) is 5.75 Å². The fourth-order valence-corrected chi connectivity index (χ4v) is 1.09. The van der Waals surface area contributed by atoms with Crippen molar-refractivity contribution in [3.05, 3.63) is 28.0 Å². The lowest BCUT2D eigenvalue weighted by Gasteiger charge is -1.98. The molecule has 0 saturated carbocycles. The molecular formula is C7H6BrFO. The van der Waals surface area contributed by atoms with Crippen LogP contribution in [0, 0.1) is 12.7 Å². The maximum absolute atomic E-state index is 12.6. The van der Waals surface area contributed by atoms with Crippen molar-refractivity contribution < 1.29 is 9.50 Å². The molecule has 0 heterocycles. The van der Waals surface area contributed by atoms with Crippen molar-refractivity contribution in [2.24, 2.45) is 0 Å². The van der Waals surface area contributed by atoms with Crippen LogP contribution in [0.3, 0.4) is 0 Å². The summed E-state index contributed by atoms with van der Waals surface area (Å²) in [4.78, 5) is 0. The SMILES string of the molecule is Cc1cc(Br)c(O)cc1F. The number of halogens is 2. The summed E-state index contributed by atoms with van der Waals surface area (Å²) >= 11 is 3.06. The molecule has 0 aliphatic heterocycles. The zero-order chi connectivity index (χ0) is 7.72. The average molecular weight is 205 g/mol. The fraction of sp³-hybridized carbons (Fsp3) is 0.143. The number of hydrogen-bond acceptors (Lipinski definition) is 1. The summed E-state index contributed by atoms with van der Waals surface area (Å²) in [7, 11) is 0. The Balaban J connectivity index is 3.28. The van der Waals surface area contributed by atoms with Gasteiger partial charge in [-0.15, -0.1) is 0 Å². The first-order chi connectivity index (χ1) is 4.61. The minimum absolute atomic E-state index is 0.0666. The Morgan fingerprint density at radius 2 is 2.10 bits per heavy atom. The number of aryl methyl sites for hydroxylation is 1. The third-order valence-corrected chi connectivity index (χ3v) is 1.86. The van der Waals surface area contributed by atoms with Crippen LogP contribution in [0.2, 0.25) is 0 Å². The lowest BCUT2D eigenvalue weighted by molar-refractivity contribution is 0.465. The largest absolute Gasteiger partial charge is 0.507 e. The Kier molecular flexibility index (Phi) is 1.94. The first-order valence-electron chi connectivity index (χ1n) is 2.76. The predicted octanol–water partition coefficient (Wildman–Crippen LogP) is 2.60. The average Bonchev–Trinajstić information content (AvgIpc) is 1.84. The van der Waals surface area contributed by atoms with E-state index in [1.165, 1.54) is 6.07 Å². The molecule has 0 aliphatic carbocycles. The minimum Gasteiger partial charge on any atom is -0.507 e. The van der Waals surface area contributed by atoms with Crippen molar-refractivity contribution in [1.82, 2.24) is 0 Å². The van der Waals surface area contributed by atoms with E-state index in [2.05, 4.69) is 15.9 Å². The number of rotatable bonds is 0. The van der Waals surface area contributed by atoms with Crippen molar-refractivity contribution in [1.29, 1.82) is 0 Å². The second kappa shape index (κ2) is 2.58. The van der Waals surface area contributed by atoms with Crippen LogP contribution in [0.15, 0.2) is 16.6 Å². The molecule has 1 N–H and O–H groups in total. The minimum atomic E-state index is -0.388. The van der Waals surface area contributed by atoms with Gasteiger partial charge in [0.25, 0.3) is 0 Å². The van der Waals surface area contributed by atoms with Crippen molar-refractivity contribution in [2.75, 3.05) is 0 Å². The summed E-state index contributed by atoms with van der Waals surface area (Å²) in [5.74, 6) is -0.455. The van der Waals surface area contributed by atoms with E-state index in [9.17, 15) is 4.39 Å². The van der Waals surface area contributed by atoms with Gasteiger partial charge in [0, 0.05) is 6.07 Å². The molecule has 0 spiro atoms. The summed E-state index contributed by atoms with van der Waals surface area (Å²) in [6, 6.07) is 2.62. The third kappa shape index (κ3) is 1.29. The van der Waals surface area contributed by atoms with Gasteiger partial charge in [-0.1, -0.05) is 0 Å². The van der Waals surface area contributed by atoms with Gasteiger partial charge in [0.15, 0.2) is 0 Å². The van der Waals surface area contributed by atoms with Gasteiger partial charge in [-0.25, -0.2) is 4.39 Å². The second-order valence-corrected chi connectivity index (χ2v) is 2.91. The molecule has 1 aromatic rings. The Hall–Kier alpha value is -0.570. The smallest absolute Gasteiger partial charge is 0.132 e. The first-order valence-corrected chi connectivity index (χ1v) is 3.55. The molecule has 3 heteroatoms. The highest BCUT2D eigenvalue weighted by atomic mass is 79.9. The van der Waals surface area contributed by atoms with Gasteiger partial charge in [-0.3, -0.25) is 0 Å². The zero-order valence-electron chi connectivity index (χ0n) is 5.36. The summed E-state index contributed by atoms with van der Waals surface area (Å²) in [5, 5.41) is 8.94. The van der Waals surface area contributed by atoms with Crippen LogP contribution in [-0.4, -0.2) is 5.11 Å². The van der Waals surface area contributed by atoms with Gasteiger partial charge in [-0.2, -0.15) is 0 Å². The lowest BCUT2D eigenvalue weighted by Crippen LogP contribution is -1.81. The van der Waals surface area contributed by atoms with E-state index in [-0.39, 0.29) is 11.6 Å². The van der Waals surface area contributed by atoms with Gasteiger partial charge in [-0.05, 0) is 34.5 Å². The van der Waals surface area contributed by atoms with E-state index >= 15 is 0 Å². The molecule has 0 radical (unpaired) electrons. The monoisotopic (exact) mass is 204 g/mol. The summed E-state index contributed by atoms with van der Waals surface area (Å²) in [6.45, 7) is 1.64. The molecule has 0 aromatic heterocycles. The van der Waals surface area contributed by atoms with Crippen molar-refractivity contribution in [2.45, 2.75) is 6.92 Å². The van der Waals surface area contributed by atoms with Gasteiger partial charge in [0.2, 0.25) is 0 Å². The van der Waals surface area contributed by atoms with Crippen LogP contribution in [0.1, 0.15) is 5.56 Å². The van der Waals surface area contributed by atoms with Crippen molar-refractivity contribution >= 4 is 15.9 Å². The van der Waals surface area contributed by atoms with Crippen LogP contribution in [-0.2, 0) is 0 Å². The summed E-state index contributed by atoms with van der Waals surface area (Å²) in [5.41, 5.74) is 0.518. The topological polar surface area (TPSA) is 20.2 Å². The second-order valence-electron chi connectivity index (χ2n) is 2.05. The normalized spacial score (nSPS) is 9.90. The Labute approximate surface area is 66.6 Å². The number of phenolic OH excluding ortho intramolecular Hbond substituents is 1. The van der Waals surface area contributed by atoms with Crippen molar-refractivity contribution in [3.63, 3.8) is 0 Å². The Bertz CT molecular complexity index is 210. The van der Waals surface area contributed by atoms with Gasteiger partial charge >= 0.3 is 0 Å². The highest BCUT2D eigenvalue weighted by Gasteiger charge is 2.02. The molecule has 0 atom stereocenters. The molecule has 0 bridgehead atoms. The van der Waals surface area contributed by atoms with Crippen LogP contribution < -0.4 is 0 Å². The zero-order valence-corrected chi connectivity index (χ0v) is 6.94. The third-order valence-electron chi connectivity index (χ3n) is 1.23. The van der Waals surface area contributed by atoms with Crippen LogP contribution in [0.25, 0.3) is 0 Å². The molecule has 1 nitrogen and oxygen atoms in total. The molecule has 10 heavy (non-hydrogen) atoms. The number of phenols is 1. The van der Waals surface area contributed by atoms with E-state index < -0.39 is 0 Å². The summed E-state index contributed by atoms with van der Waals surface area (Å²) in [6.07, 6.45) is 0. The fourth-order valence-electron chi connectivity index (χ4n) is 0.636. The predicted molar refractivity (Wildman–Crippen MR) is 40.5 cm³/mol. The molecule has 0 saturated heterocycles. The van der Waals surface area contributed by atoms with E-state index in [1.54, 1.807) is 6.92 Å². The van der Waals surface area contributed by atoms with Crippen LogP contribution in [0.4, 0.5) is 4.39 Å². The highest BCUT2D eigenvalue weighted by Crippen LogP contribution is 2.25. The van der Waals surface area contributed by atoms with E-state index in [1.807, 2.05) is 0 Å². The van der Waals surface area contributed by atoms with Gasteiger partial charge in [0.05, 0.1) is 4.47 Å². The molecular weight excluding hydrogens is 199 g/mol.